The van der Waals surface area contributed by atoms with Crippen LogP contribution in [0, 0.1) is 0 Å². The summed E-state index contributed by atoms with van der Waals surface area (Å²) >= 11 is 0. The van der Waals surface area contributed by atoms with Crippen LogP contribution in [0.25, 0.3) is 0 Å². The van der Waals surface area contributed by atoms with Crippen molar-refractivity contribution in [2.24, 2.45) is 5.73 Å². The van der Waals surface area contributed by atoms with E-state index in [-0.39, 0.29) is 19.2 Å². The minimum Gasteiger partial charge on any atom is -0.486 e. The second-order valence-electron chi connectivity index (χ2n) is 4.33. The highest BCUT2D eigenvalue weighted by Crippen LogP contribution is 2.16. The Bertz CT molecular complexity index is 505. The number of carbonyl (C=O) groups is 1. The van der Waals surface area contributed by atoms with Crippen molar-refractivity contribution in [1.29, 1.82) is 0 Å². The molecule has 0 unspecified atom stereocenters. The predicted molar refractivity (Wildman–Crippen MR) is 71.1 cm³/mol. The van der Waals surface area contributed by atoms with E-state index in [1.54, 1.807) is 11.9 Å². The maximum absolute atomic E-state index is 12.3. The molecule has 1 aliphatic rings. The van der Waals surface area contributed by atoms with Gasteiger partial charge >= 0.3 is 6.03 Å². The predicted octanol–water partition coefficient (Wildman–Crippen LogP) is 0.539. The molecule has 2 amide bonds. The summed E-state index contributed by atoms with van der Waals surface area (Å²) in [5.41, 5.74) is 5.65. The van der Waals surface area contributed by atoms with Crippen LogP contribution in [0.3, 0.4) is 0 Å². The number of aromatic nitrogens is 2. The minimum atomic E-state index is -0.135. The number of ether oxygens (including phenoxy) is 1. The zero-order valence-electron chi connectivity index (χ0n) is 11.1. The number of hydrogen-bond acceptors (Lipinski definition) is 5. The Hall–Kier alpha value is -2.22. The molecule has 2 heterocycles. The second kappa shape index (κ2) is 6.29. The first-order chi connectivity index (χ1) is 9.65. The van der Waals surface area contributed by atoms with Crippen LogP contribution in [0.1, 0.15) is 0 Å². The average Bonchev–Trinajstić information content (AvgIpc) is 2.81. The lowest BCUT2D eigenvalue weighted by molar-refractivity contribution is 0.229. The van der Waals surface area contributed by atoms with Crippen LogP contribution < -0.4 is 15.4 Å². The fraction of sp³-hybridized carbons (Fsp3) is 0.417. The third-order valence-corrected chi connectivity index (χ3v) is 2.91. The van der Waals surface area contributed by atoms with Crippen LogP contribution in [0.15, 0.2) is 24.3 Å². The Labute approximate surface area is 115 Å². The normalized spacial score (nSPS) is 15.9. The minimum absolute atomic E-state index is 0.0427. The summed E-state index contributed by atoms with van der Waals surface area (Å²) in [5, 5.41) is 0. The van der Waals surface area contributed by atoms with Crippen LogP contribution >= 0.6 is 0 Å². The van der Waals surface area contributed by atoms with E-state index < -0.39 is 0 Å². The molecule has 108 valence electrons. The van der Waals surface area contributed by atoms with Gasteiger partial charge in [0.15, 0.2) is 5.75 Å². The number of nitrogens with two attached hydrogens (primary N) is 1. The number of nitrogens with zero attached hydrogens (tertiary/aromatic N) is 4. The van der Waals surface area contributed by atoms with E-state index in [4.69, 9.17) is 10.5 Å². The maximum atomic E-state index is 12.3. The highest BCUT2D eigenvalue weighted by atomic mass is 19.1. The Morgan fingerprint density at radius 3 is 2.70 bits per heavy atom. The third kappa shape index (κ3) is 3.02. The molecule has 8 heteroatoms. The molecule has 7 nitrogen and oxygen atoms in total. The highest BCUT2D eigenvalue weighted by molar-refractivity contribution is 5.92. The van der Waals surface area contributed by atoms with Gasteiger partial charge in [0.25, 0.3) is 0 Å². The van der Waals surface area contributed by atoms with Gasteiger partial charge < -0.3 is 15.4 Å². The van der Waals surface area contributed by atoms with Crippen LogP contribution in [0.2, 0.25) is 0 Å². The Kier molecular flexibility index (Phi) is 4.46. The molecule has 1 saturated heterocycles. The first-order valence-corrected chi connectivity index (χ1v) is 6.11. The number of hydrogen-bond donors (Lipinski definition) is 1. The van der Waals surface area contributed by atoms with Gasteiger partial charge in [-0.1, -0.05) is 0 Å². The second-order valence-corrected chi connectivity index (χ2v) is 4.33. The molecular weight excluding hydrogens is 265 g/mol. The largest absolute Gasteiger partial charge is 0.486 e. The van der Waals surface area contributed by atoms with Crippen molar-refractivity contribution < 1.29 is 13.9 Å². The summed E-state index contributed by atoms with van der Waals surface area (Å²) < 4.78 is 17.6. The molecule has 1 aromatic heterocycles. The third-order valence-electron chi connectivity index (χ3n) is 2.91. The topological polar surface area (TPSA) is 84.6 Å². The quantitative estimate of drug-likeness (QED) is 0.851. The molecule has 1 aliphatic heterocycles. The van der Waals surface area contributed by atoms with Crippen molar-refractivity contribution in [2.75, 3.05) is 38.2 Å². The van der Waals surface area contributed by atoms with Crippen molar-refractivity contribution in [1.82, 2.24) is 14.9 Å². The van der Waals surface area contributed by atoms with Gasteiger partial charge in [-0.15, -0.1) is 0 Å². The van der Waals surface area contributed by atoms with Crippen molar-refractivity contribution >= 4 is 12.0 Å². The van der Waals surface area contributed by atoms with Gasteiger partial charge in [-0.2, -0.15) is 0 Å². The smallest absolute Gasteiger partial charge is 0.326 e. The molecule has 0 aliphatic carbocycles. The molecule has 1 aromatic rings. The molecule has 0 bridgehead atoms. The lowest BCUT2D eigenvalue weighted by atomic mass is 10.3. The molecule has 0 spiro atoms. The lowest BCUT2D eigenvalue weighted by Gasteiger charge is -2.14. The summed E-state index contributed by atoms with van der Waals surface area (Å²) in [4.78, 5) is 23.0. The van der Waals surface area contributed by atoms with E-state index >= 15 is 0 Å². The average molecular weight is 281 g/mol. The van der Waals surface area contributed by atoms with Gasteiger partial charge in [-0.3, -0.25) is 4.90 Å². The maximum Gasteiger partial charge on any atom is 0.326 e. The fourth-order valence-electron chi connectivity index (χ4n) is 1.67. The molecule has 0 radical (unpaired) electrons. The van der Waals surface area contributed by atoms with Gasteiger partial charge in [0.1, 0.15) is 6.61 Å². The number of halogens is 1. The summed E-state index contributed by atoms with van der Waals surface area (Å²) in [6, 6.07) is -0.135. The lowest BCUT2D eigenvalue weighted by Crippen LogP contribution is -2.30. The van der Waals surface area contributed by atoms with E-state index in [0.717, 1.165) is 0 Å². The van der Waals surface area contributed by atoms with Gasteiger partial charge in [0, 0.05) is 32.3 Å². The SMILES string of the molecule is CN1CCN(c2ncc(OC/C(=C/F)CN)cn2)C1=O. The first-order valence-electron chi connectivity index (χ1n) is 6.11. The van der Waals surface area contributed by atoms with Crippen molar-refractivity contribution in [3.8, 4) is 5.75 Å². The number of likely N-dealkylation sites (N-methyl/N-ethyl adjacent to an activating group) is 1. The highest BCUT2D eigenvalue weighted by Gasteiger charge is 2.28. The van der Waals surface area contributed by atoms with Crippen molar-refractivity contribution in [3.63, 3.8) is 0 Å². The molecule has 2 N–H and O–H groups in total. The Morgan fingerprint density at radius 1 is 1.50 bits per heavy atom. The van der Waals surface area contributed by atoms with Gasteiger partial charge in [-0.05, 0) is 0 Å². The molecule has 0 aromatic carbocycles. The van der Waals surface area contributed by atoms with Gasteiger partial charge in [0.2, 0.25) is 5.95 Å². The van der Waals surface area contributed by atoms with E-state index in [0.29, 0.717) is 36.7 Å². The summed E-state index contributed by atoms with van der Waals surface area (Å²) in [6.07, 6.45) is 3.31. The van der Waals surface area contributed by atoms with E-state index in [9.17, 15) is 9.18 Å². The van der Waals surface area contributed by atoms with Crippen molar-refractivity contribution in [2.45, 2.75) is 0 Å². The number of carbonyl (C=O) groups excluding carboxylic acids is 1. The van der Waals surface area contributed by atoms with Crippen molar-refractivity contribution in [3.05, 3.63) is 24.3 Å². The number of urea groups is 1. The molecular formula is C12H16FN5O2. The monoisotopic (exact) mass is 281 g/mol. The Balaban J connectivity index is 1.98. The standard InChI is InChI=1S/C12H16FN5O2/c1-17-2-3-18(12(17)19)11-15-6-10(7-16-11)20-8-9(4-13)5-14/h4,6-7H,2-3,5,8,14H2,1H3/b9-4+. The summed E-state index contributed by atoms with van der Waals surface area (Å²) in [6.45, 7) is 1.32. The van der Waals surface area contributed by atoms with Gasteiger partial charge in [0.05, 0.1) is 18.7 Å². The number of amides is 2. The number of rotatable bonds is 5. The van der Waals surface area contributed by atoms with Crippen LogP contribution in [0.4, 0.5) is 15.1 Å². The molecule has 0 saturated carbocycles. The van der Waals surface area contributed by atoms with Gasteiger partial charge in [-0.25, -0.2) is 19.2 Å². The van der Waals surface area contributed by atoms with E-state index in [1.807, 2.05) is 0 Å². The molecule has 1 fully saturated rings. The van der Waals surface area contributed by atoms with E-state index in [2.05, 4.69) is 9.97 Å². The summed E-state index contributed by atoms with van der Waals surface area (Å²) in [5.74, 6) is 0.716. The van der Waals surface area contributed by atoms with Crippen LogP contribution in [-0.4, -0.2) is 54.2 Å². The number of anilines is 1. The molecule has 0 atom stereocenters. The Morgan fingerprint density at radius 2 is 2.20 bits per heavy atom. The van der Waals surface area contributed by atoms with Crippen LogP contribution in [0.5, 0.6) is 5.75 Å². The fourth-order valence-corrected chi connectivity index (χ4v) is 1.67. The zero-order valence-corrected chi connectivity index (χ0v) is 11.1. The van der Waals surface area contributed by atoms with E-state index in [1.165, 1.54) is 17.3 Å². The van der Waals surface area contributed by atoms with Crippen LogP contribution in [-0.2, 0) is 0 Å². The zero-order chi connectivity index (χ0) is 14.5. The first kappa shape index (κ1) is 14.2. The molecule has 20 heavy (non-hydrogen) atoms. The molecule has 2 rings (SSSR count). The summed E-state index contributed by atoms with van der Waals surface area (Å²) in [7, 11) is 1.72.